The van der Waals surface area contributed by atoms with E-state index < -0.39 is 23.6 Å². The van der Waals surface area contributed by atoms with E-state index in [0.29, 0.717) is 6.61 Å². The second-order valence-electron chi connectivity index (χ2n) is 9.79. The molecule has 0 aliphatic carbocycles. The minimum atomic E-state index is -1.00. The smallest absolute Gasteiger partial charge is 0.408 e. The number of amides is 2. The molecule has 0 unspecified atom stereocenters. The van der Waals surface area contributed by atoms with Gasteiger partial charge in [-0.05, 0) is 70.5 Å². The lowest BCUT2D eigenvalue weighted by Crippen LogP contribution is -2.49. The van der Waals surface area contributed by atoms with Gasteiger partial charge in [-0.1, -0.05) is 30.3 Å². The van der Waals surface area contributed by atoms with Crippen molar-refractivity contribution in [3.05, 3.63) is 83.2 Å². The molecule has 2 amide bonds. The van der Waals surface area contributed by atoms with Crippen LogP contribution in [0.1, 0.15) is 43.3 Å². The molecule has 202 valence electrons. The van der Waals surface area contributed by atoms with Crippen LogP contribution in [-0.4, -0.2) is 48.1 Å². The molecule has 1 aromatic heterocycles. The molecule has 3 rings (SSSR count). The van der Waals surface area contributed by atoms with Gasteiger partial charge in [-0.2, -0.15) is 5.10 Å². The van der Waals surface area contributed by atoms with Crippen molar-refractivity contribution >= 4 is 18.2 Å². The predicted octanol–water partition coefficient (Wildman–Crippen LogP) is 4.66. The maximum absolute atomic E-state index is 12.9. The van der Waals surface area contributed by atoms with E-state index in [0.717, 1.165) is 34.0 Å². The Morgan fingerprint density at radius 2 is 1.74 bits per heavy atom. The monoisotopic (exact) mass is 520 g/mol. The number of carbonyl (C=O) groups excluding carboxylic acids is 2. The Kier molecular flexibility index (Phi) is 9.67. The number of benzene rings is 2. The van der Waals surface area contributed by atoms with Gasteiger partial charge in [0, 0.05) is 22.6 Å². The van der Waals surface area contributed by atoms with Crippen LogP contribution in [0.15, 0.2) is 65.8 Å². The van der Waals surface area contributed by atoms with Crippen LogP contribution in [0, 0.1) is 13.8 Å². The lowest BCUT2D eigenvalue weighted by molar-refractivity contribution is -0.124. The van der Waals surface area contributed by atoms with Crippen LogP contribution >= 0.6 is 0 Å². The van der Waals surface area contributed by atoms with Gasteiger partial charge < -0.3 is 24.1 Å². The molecule has 2 aromatic carbocycles. The Bertz CT molecular complexity index is 1240. The third-order valence-electron chi connectivity index (χ3n) is 5.58. The molecule has 2 N–H and O–H groups in total. The van der Waals surface area contributed by atoms with Gasteiger partial charge in [0.25, 0.3) is 5.91 Å². The molecule has 0 aliphatic rings. The molecule has 0 spiro atoms. The first kappa shape index (κ1) is 28.5. The zero-order chi connectivity index (χ0) is 27.7. The Balaban J connectivity index is 1.68. The number of rotatable bonds is 10. The first-order valence-corrected chi connectivity index (χ1v) is 12.3. The molecule has 9 heteroatoms. The minimum absolute atomic E-state index is 0.0541. The highest BCUT2D eigenvalue weighted by atomic mass is 16.6. The summed E-state index contributed by atoms with van der Waals surface area (Å²) in [6.45, 7) is 9.46. The second-order valence-corrected chi connectivity index (χ2v) is 9.79. The summed E-state index contributed by atoms with van der Waals surface area (Å²) in [5, 5.41) is 6.72. The zero-order valence-electron chi connectivity index (χ0n) is 22.8. The Hall–Kier alpha value is -4.11. The van der Waals surface area contributed by atoms with Crippen molar-refractivity contribution in [1.29, 1.82) is 0 Å². The van der Waals surface area contributed by atoms with Gasteiger partial charge >= 0.3 is 6.09 Å². The van der Waals surface area contributed by atoms with Crippen molar-refractivity contribution in [2.75, 3.05) is 13.7 Å². The van der Waals surface area contributed by atoms with Gasteiger partial charge in [-0.15, -0.1) is 0 Å². The largest absolute Gasteiger partial charge is 0.497 e. The summed E-state index contributed by atoms with van der Waals surface area (Å²) >= 11 is 0. The van der Waals surface area contributed by atoms with Gasteiger partial charge in [-0.25, -0.2) is 10.2 Å². The number of aromatic nitrogens is 1. The lowest BCUT2D eigenvalue weighted by atomic mass is 10.2. The summed E-state index contributed by atoms with van der Waals surface area (Å²) in [5.41, 5.74) is 6.56. The predicted molar refractivity (Wildman–Crippen MR) is 147 cm³/mol. The first-order valence-electron chi connectivity index (χ1n) is 12.3. The molecular formula is C29H36N4O5. The maximum atomic E-state index is 12.9. The van der Waals surface area contributed by atoms with E-state index >= 15 is 0 Å². The lowest BCUT2D eigenvalue weighted by Gasteiger charge is -2.22. The third-order valence-corrected chi connectivity index (χ3v) is 5.58. The van der Waals surface area contributed by atoms with Crippen LogP contribution < -0.4 is 15.5 Å². The van der Waals surface area contributed by atoms with E-state index in [1.54, 1.807) is 34.1 Å². The van der Waals surface area contributed by atoms with Crippen molar-refractivity contribution in [3.63, 3.8) is 0 Å². The average molecular weight is 521 g/mol. The van der Waals surface area contributed by atoms with Crippen molar-refractivity contribution in [3.8, 4) is 11.4 Å². The summed E-state index contributed by atoms with van der Waals surface area (Å²) in [5.74, 6) is 0.257. The number of alkyl carbamates (subject to hydrolysis) is 1. The van der Waals surface area contributed by atoms with E-state index in [1.165, 1.54) is 0 Å². The molecular weight excluding hydrogens is 484 g/mol. The number of hydrazone groups is 1. The number of methoxy groups -OCH3 is 1. The molecule has 9 nitrogen and oxygen atoms in total. The first-order chi connectivity index (χ1) is 18.1. The topological polar surface area (TPSA) is 103 Å². The minimum Gasteiger partial charge on any atom is -0.497 e. The van der Waals surface area contributed by atoms with Crippen molar-refractivity contribution in [1.82, 2.24) is 15.3 Å². The Labute approximate surface area is 223 Å². The normalized spacial score (nSPS) is 12.3. The summed E-state index contributed by atoms with van der Waals surface area (Å²) in [4.78, 5) is 25.3. The van der Waals surface area contributed by atoms with Crippen LogP contribution in [-0.2, 0) is 20.9 Å². The fraction of sp³-hybridized carbons (Fsp3) is 0.345. The molecule has 38 heavy (non-hydrogen) atoms. The summed E-state index contributed by atoms with van der Waals surface area (Å²) in [6.07, 6.45) is 0.864. The average Bonchev–Trinajstić information content (AvgIpc) is 3.15. The number of hydrogen-bond donors (Lipinski definition) is 2. The van der Waals surface area contributed by atoms with Crippen molar-refractivity contribution in [2.24, 2.45) is 5.10 Å². The Morgan fingerprint density at radius 3 is 2.37 bits per heavy atom. The van der Waals surface area contributed by atoms with E-state index in [9.17, 15) is 9.59 Å². The molecule has 0 aliphatic heterocycles. The van der Waals surface area contributed by atoms with Crippen molar-refractivity contribution in [2.45, 2.75) is 52.9 Å². The van der Waals surface area contributed by atoms with E-state index in [-0.39, 0.29) is 6.61 Å². The molecule has 0 fully saturated rings. The summed E-state index contributed by atoms with van der Waals surface area (Å²) in [6, 6.07) is 18.3. The van der Waals surface area contributed by atoms with Gasteiger partial charge in [0.05, 0.1) is 26.5 Å². The van der Waals surface area contributed by atoms with Crippen LogP contribution in [0.4, 0.5) is 4.79 Å². The molecule has 0 bridgehead atoms. The van der Waals surface area contributed by atoms with Gasteiger partial charge in [0.1, 0.15) is 17.4 Å². The maximum Gasteiger partial charge on any atom is 0.408 e. The molecule has 1 heterocycles. The van der Waals surface area contributed by atoms with E-state index in [1.807, 2.05) is 74.5 Å². The summed E-state index contributed by atoms with van der Waals surface area (Å²) < 4.78 is 18.4. The quantitative estimate of drug-likeness (QED) is 0.299. The third kappa shape index (κ3) is 8.21. The van der Waals surface area contributed by atoms with E-state index in [4.69, 9.17) is 14.2 Å². The summed E-state index contributed by atoms with van der Waals surface area (Å²) in [7, 11) is 1.63. The number of carbonyl (C=O) groups is 2. The molecule has 3 aromatic rings. The highest BCUT2D eigenvalue weighted by Gasteiger charge is 2.24. The standard InChI is InChI=1S/C29H36N4O5/c1-20-16-23(21(2)33(20)24-12-14-25(36-6)15-13-24)17-30-32-27(34)26(31-28(35)38-29(3,4)5)19-37-18-22-10-8-7-9-11-22/h7-17,26H,18-19H2,1-6H3,(H,31,35)(H,32,34)/b30-17-/t26-/m0/s1. The SMILES string of the molecule is COc1ccc(-n2c(C)cc(/C=N\NC(=O)[C@H](COCc3ccccc3)NC(=O)OC(C)(C)C)c2C)cc1. The van der Waals surface area contributed by atoms with Crippen LogP contribution in [0.25, 0.3) is 5.69 Å². The Morgan fingerprint density at radius 1 is 1.05 bits per heavy atom. The van der Waals surface area contributed by atoms with E-state index in [2.05, 4.69) is 20.4 Å². The number of nitrogens with one attached hydrogen (secondary N) is 2. The molecule has 0 saturated carbocycles. The van der Waals surface area contributed by atoms with Crippen LogP contribution in [0.2, 0.25) is 0 Å². The molecule has 0 radical (unpaired) electrons. The fourth-order valence-electron chi connectivity index (χ4n) is 3.79. The van der Waals surface area contributed by atoms with Crippen LogP contribution in [0.5, 0.6) is 5.75 Å². The second kappa shape index (κ2) is 12.9. The van der Waals surface area contributed by atoms with Gasteiger partial charge in [-0.3, -0.25) is 4.79 Å². The van der Waals surface area contributed by atoms with Crippen molar-refractivity contribution < 1.29 is 23.8 Å². The molecule has 1 atom stereocenters. The fourth-order valence-corrected chi connectivity index (χ4v) is 3.79. The number of aryl methyl sites for hydroxylation is 1. The highest BCUT2D eigenvalue weighted by molar-refractivity contribution is 5.88. The highest BCUT2D eigenvalue weighted by Crippen LogP contribution is 2.22. The van der Waals surface area contributed by atoms with Gasteiger partial charge in [0.15, 0.2) is 0 Å². The van der Waals surface area contributed by atoms with Gasteiger partial charge in [0.2, 0.25) is 0 Å². The number of ether oxygens (including phenoxy) is 3. The van der Waals surface area contributed by atoms with Crippen LogP contribution in [0.3, 0.4) is 0 Å². The zero-order valence-corrected chi connectivity index (χ0v) is 22.8. The number of hydrogen-bond acceptors (Lipinski definition) is 6. The molecule has 0 saturated heterocycles. The number of nitrogens with zero attached hydrogens (tertiary/aromatic N) is 2.